The molecule has 1 aromatic carbocycles. The number of benzene rings is 1. The van der Waals surface area contributed by atoms with E-state index in [4.69, 9.17) is 4.52 Å². The SMILES string of the molecule is CCCCN(CC)c1ccc(-c2nc(-c3cccc(F)c3)no2)cn1. The van der Waals surface area contributed by atoms with Gasteiger partial charge in [-0.2, -0.15) is 4.98 Å². The molecular weight excluding hydrogens is 319 g/mol. The average molecular weight is 340 g/mol. The molecule has 0 aliphatic carbocycles. The van der Waals surface area contributed by atoms with Crippen molar-refractivity contribution >= 4 is 5.82 Å². The molecule has 3 aromatic rings. The van der Waals surface area contributed by atoms with Gasteiger partial charge in [0.05, 0.1) is 5.56 Å². The van der Waals surface area contributed by atoms with Crippen molar-refractivity contribution in [1.82, 2.24) is 15.1 Å². The summed E-state index contributed by atoms with van der Waals surface area (Å²) in [6.45, 7) is 6.20. The maximum Gasteiger partial charge on any atom is 0.259 e. The Labute approximate surface area is 146 Å². The first-order chi connectivity index (χ1) is 12.2. The second-order valence-corrected chi connectivity index (χ2v) is 5.77. The minimum absolute atomic E-state index is 0.332. The van der Waals surface area contributed by atoms with Crippen LogP contribution in [0.15, 0.2) is 47.1 Å². The van der Waals surface area contributed by atoms with Gasteiger partial charge in [0.1, 0.15) is 11.6 Å². The molecule has 0 aliphatic heterocycles. The van der Waals surface area contributed by atoms with Crippen LogP contribution in [0.5, 0.6) is 0 Å². The standard InChI is InChI=1S/C19H21FN4O/c1-3-5-11-24(4-2)17-10-9-15(13-21-17)19-22-18(23-25-19)14-7-6-8-16(20)12-14/h6-10,12-13H,3-5,11H2,1-2H3. The van der Waals surface area contributed by atoms with Crippen molar-refractivity contribution in [2.24, 2.45) is 0 Å². The predicted molar refractivity (Wildman–Crippen MR) is 95.7 cm³/mol. The van der Waals surface area contributed by atoms with Gasteiger partial charge in [-0.1, -0.05) is 30.6 Å². The van der Waals surface area contributed by atoms with Crippen LogP contribution in [0.4, 0.5) is 10.2 Å². The third-order valence-electron chi connectivity index (χ3n) is 3.99. The molecule has 0 atom stereocenters. The lowest BCUT2D eigenvalue weighted by molar-refractivity contribution is 0.432. The number of aromatic nitrogens is 3. The highest BCUT2D eigenvalue weighted by atomic mass is 19.1. The lowest BCUT2D eigenvalue weighted by Gasteiger charge is -2.21. The van der Waals surface area contributed by atoms with E-state index in [9.17, 15) is 4.39 Å². The van der Waals surface area contributed by atoms with Crippen LogP contribution in [0, 0.1) is 5.82 Å². The van der Waals surface area contributed by atoms with E-state index in [1.165, 1.54) is 12.1 Å². The maximum absolute atomic E-state index is 13.3. The van der Waals surface area contributed by atoms with Gasteiger partial charge in [-0.3, -0.25) is 0 Å². The van der Waals surface area contributed by atoms with Crippen LogP contribution in [0.2, 0.25) is 0 Å². The Balaban J connectivity index is 1.79. The molecule has 0 N–H and O–H groups in total. The highest BCUT2D eigenvalue weighted by Gasteiger charge is 2.12. The van der Waals surface area contributed by atoms with E-state index in [1.54, 1.807) is 18.3 Å². The highest BCUT2D eigenvalue weighted by Crippen LogP contribution is 2.23. The lowest BCUT2D eigenvalue weighted by Crippen LogP contribution is -2.24. The average Bonchev–Trinajstić information content (AvgIpc) is 3.13. The molecule has 0 spiro atoms. The summed E-state index contributed by atoms with van der Waals surface area (Å²) in [4.78, 5) is 11.1. The van der Waals surface area contributed by atoms with Crippen molar-refractivity contribution in [3.05, 3.63) is 48.4 Å². The first-order valence-electron chi connectivity index (χ1n) is 8.52. The molecule has 2 aromatic heterocycles. The van der Waals surface area contributed by atoms with Gasteiger partial charge in [0, 0.05) is 24.8 Å². The van der Waals surface area contributed by atoms with E-state index in [-0.39, 0.29) is 5.82 Å². The van der Waals surface area contributed by atoms with E-state index < -0.39 is 0 Å². The fourth-order valence-electron chi connectivity index (χ4n) is 2.57. The van der Waals surface area contributed by atoms with E-state index in [2.05, 4.69) is 33.9 Å². The molecule has 0 aliphatic rings. The van der Waals surface area contributed by atoms with Gasteiger partial charge in [-0.15, -0.1) is 0 Å². The summed E-state index contributed by atoms with van der Waals surface area (Å²) in [7, 11) is 0. The fraction of sp³-hybridized carbons (Fsp3) is 0.316. The topological polar surface area (TPSA) is 55.1 Å². The molecule has 0 bridgehead atoms. The van der Waals surface area contributed by atoms with Gasteiger partial charge < -0.3 is 9.42 Å². The quantitative estimate of drug-likeness (QED) is 0.631. The maximum atomic E-state index is 13.3. The van der Waals surface area contributed by atoms with Crippen molar-refractivity contribution in [2.75, 3.05) is 18.0 Å². The normalized spacial score (nSPS) is 10.8. The van der Waals surface area contributed by atoms with Crippen molar-refractivity contribution in [2.45, 2.75) is 26.7 Å². The number of nitrogens with zero attached hydrogens (tertiary/aromatic N) is 4. The summed E-state index contributed by atoms with van der Waals surface area (Å²) in [5.41, 5.74) is 1.32. The summed E-state index contributed by atoms with van der Waals surface area (Å²) in [6, 6.07) is 9.99. The summed E-state index contributed by atoms with van der Waals surface area (Å²) in [5.74, 6) is 1.33. The number of hydrogen-bond donors (Lipinski definition) is 0. The second kappa shape index (κ2) is 7.88. The zero-order valence-corrected chi connectivity index (χ0v) is 14.4. The van der Waals surface area contributed by atoms with Gasteiger partial charge in [-0.25, -0.2) is 9.37 Å². The molecule has 3 rings (SSSR count). The zero-order valence-electron chi connectivity index (χ0n) is 14.4. The van der Waals surface area contributed by atoms with Gasteiger partial charge in [0.25, 0.3) is 5.89 Å². The van der Waals surface area contributed by atoms with Crippen LogP contribution in [0.25, 0.3) is 22.8 Å². The first-order valence-corrected chi connectivity index (χ1v) is 8.52. The number of unbranched alkanes of at least 4 members (excludes halogenated alkanes) is 1. The molecule has 0 saturated carbocycles. The molecule has 25 heavy (non-hydrogen) atoms. The molecule has 6 heteroatoms. The molecule has 0 radical (unpaired) electrons. The molecule has 2 heterocycles. The number of hydrogen-bond acceptors (Lipinski definition) is 5. The molecule has 130 valence electrons. The van der Waals surface area contributed by atoms with Crippen molar-refractivity contribution < 1.29 is 8.91 Å². The zero-order chi connectivity index (χ0) is 17.6. The first kappa shape index (κ1) is 17.1. The Morgan fingerprint density at radius 2 is 2.00 bits per heavy atom. The Morgan fingerprint density at radius 1 is 1.12 bits per heavy atom. The highest BCUT2D eigenvalue weighted by molar-refractivity contribution is 5.60. The number of halogens is 1. The van der Waals surface area contributed by atoms with Crippen LogP contribution < -0.4 is 4.90 Å². The van der Waals surface area contributed by atoms with Gasteiger partial charge in [0.2, 0.25) is 5.82 Å². The van der Waals surface area contributed by atoms with Gasteiger partial charge in [-0.05, 0) is 37.6 Å². The fourth-order valence-corrected chi connectivity index (χ4v) is 2.57. The van der Waals surface area contributed by atoms with Crippen LogP contribution in [0.1, 0.15) is 26.7 Å². The monoisotopic (exact) mass is 340 g/mol. The Bertz CT molecular complexity index is 816. The third kappa shape index (κ3) is 4.02. The third-order valence-corrected chi connectivity index (χ3v) is 3.99. The van der Waals surface area contributed by atoms with Gasteiger partial charge in [0.15, 0.2) is 0 Å². The van der Waals surface area contributed by atoms with Crippen LogP contribution >= 0.6 is 0 Å². The van der Waals surface area contributed by atoms with E-state index in [1.807, 2.05) is 12.1 Å². The summed E-state index contributed by atoms with van der Waals surface area (Å²) in [6.07, 6.45) is 4.02. The van der Waals surface area contributed by atoms with Crippen LogP contribution in [0.3, 0.4) is 0 Å². The molecular formula is C19H21FN4O. The van der Waals surface area contributed by atoms with Crippen molar-refractivity contribution in [1.29, 1.82) is 0 Å². The second-order valence-electron chi connectivity index (χ2n) is 5.77. The number of anilines is 1. The van der Waals surface area contributed by atoms with E-state index in [0.29, 0.717) is 17.3 Å². The largest absolute Gasteiger partial charge is 0.357 e. The molecule has 0 unspecified atom stereocenters. The molecule has 0 amide bonds. The van der Waals surface area contributed by atoms with Crippen LogP contribution in [-0.2, 0) is 0 Å². The smallest absolute Gasteiger partial charge is 0.259 e. The minimum atomic E-state index is -0.332. The Hall–Kier alpha value is -2.76. The minimum Gasteiger partial charge on any atom is -0.357 e. The van der Waals surface area contributed by atoms with Gasteiger partial charge >= 0.3 is 0 Å². The Morgan fingerprint density at radius 3 is 2.68 bits per heavy atom. The molecule has 0 fully saturated rings. The summed E-state index contributed by atoms with van der Waals surface area (Å²) < 4.78 is 18.6. The number of rotatable bonds is 7. The van der Waals surface area contributed by atoms with Crippen molar-refractivity contribution in [3.63, 3.8) is 0 Å². The summed E-state index contributed by atoms with van der Waals surface area (Å²) in [5, 5.41) is 3.93. The Kier molecular flexibility index (Phi) is 5.38. The van der Waals surface area contributed by atoms with E-state index >= 15 is 0 Å². The molecule has 0 saturated heterocycles. The van der Waals surface area contributed by atoms with Crippen molar-refractivity contribution in [3.8, 4) is 22.8 Å². The summed E-state index contributed by atoms with van der Waals surface area (Å²) >= 11 is 0. The lowest BCUT2D eigenvalue weighted by atomic mass is 10.2. The van der Waals surface area contributed by atoms with E-state index in [0.717, 1.165) is 37.3 Å². The number of pyridine rings is 1. The van der Waals surface area contributed by atoms with Crippen LogP contribution in [-0.4, -0.2) is 28.2 Å². The molecule has 5 nitrogen and oxygen atoms in total. The predicted octanol–water partition coefficient (Wildman–Crippen LogP) is 4.56.